The van der Waals surface area contributed by atoms with E-state index in [0.29, 0.717) is 24.3 Å². The number of piperidine rings is 1. The maximum absolute atomic E-state index is 4.40. The molecule has 1 aromatic heterocycles. The fraction of sp³-hybridized carbons (Fsp3) is 0.560. The number of hydrogen-bond acceptors (Lipinski definition) is 5. The first kappa shape index (κ1) is 20.0. The van der Waals surface area contributed by atoms with Gasteiger partial charge < -0.3 is 5.32 Å². The van der Waals surface area contributed by atoms with Gasteiger partial charge in [0.15, 0.2) is 0 Å². The average molecular weight is 406 g/mol. The van der Waals surface area contributed by atoms with Crippen LogP contribution < -0.4 is 16.0 Å². The number of anilines is 1. The maximum Gasteiger partial charge on any atom is 0.0656 e. The highest BCUT2D eigenvalue weighted by molar-refractivity contribution is 5.51. The van der Waals surface area contributed by atoms with Gasteiger partial charge in [-0.2, -0.15) is 0 Å². The second-order valence-corrected chi connectivity index (χ2v) is 9.35. The van der Waals surface area contributed by atoms with Crippen molar-refractivity contribution in [2.24, 2.45) is 5.92 Å². The lowest BCUT2D eigenvalue weighted by Gasteiger charge is -2.50. The highest BCUT2D eigenvalue weighted by atomic mass is 15.3. The van der Waals surface area contributed by atoms with E-state index in [1.807, 2.05) is 13.1 Å². The molecule has 5 heteroatoms. The van der Waals surface area contributed by atoms with Crippen molar-refractivity contribution in [2.45, 2.75) is 70.9 Å². The maximum atomic E-state index is 4.40. The molecule has 160 valence electrons. The molecule has 2 aromatic rings. The average Bonchev–Trinajstić information content (AvgIpc) is 2.78. The standard InChI is InChI=1S/C25H35N5/c1-17-6-7-19(15-26-17)16-27-21-9-11-22-20(14-21)8-10-23-24(22)28-18(2)29-25(23)30-12-4-3-5-13-30/h6-7,9,11,14-15,18,23-25,27-29H,3-5,8,10,12-13,16H2,1-2H3. The second-order valence-electron chi connectivity index (χ2n) is 9.35. The molecule has 30 heavy (non-hydrogen) atoms. The van der Waals surface area contributed by atoms with Gasteiger partial charge in [-0.05, 0) is 87.5 Å². The molecule has 0 spiro atoms. The monoisotopic (exact) mass is 405 g/mol. The molecule has 3 N–H and O–H groups in total. The van der Waals surface area contributed by atoms with Crippen LogP contribution in [-0.4, -0.2) is 35.3 Å². The predicted molar refractivity (Wildman–Crippen MR) is 122 cm³/mol. The van der Waals surface area contributed by atoms with Crippen LogP contribution in [-0.2, 0) is 13.0 Å². The van der Waals surface area contributed by atoms with Crippen LogP contribution >= 0.6 is 0 Å². The van der Waals surface area contributed by atoms with Gasteiger partial charge >= 0.3 is 0 Å². The van der Waals surface area contributed by atoms with E-state index in [2.05, 4.69) is 63.1 Å². The molecular formula is C25H35N5. The number of likely N-dealkylation sites (tertiary alicyclic amines) is 1. The van der Waals surface area contributed by atoms with Crippen molar-refractivity contribution in [1.82, 2.24) is 20.5 Å². The molecule has 3 heterocycles. The number of nitrogens with zero attached hydrogens (tertiary/aromatic N) is 2. The third kappa shape index (κ3) is 4.11. The number of nitrogens with one attached hydrogen (secondary N) is 3. The normalized spacial score (nSPS) is 29.1. The van der Waals surface area contributed by atoms with Crippen LogP contribution in [0.15, 0.2) is 36.5 Å². The zero-order valence-electron chi connectivity index (χ0n) is 18.3. The molecule has 2 aliphatic heterocycles. The summed E-state index contributed by atoms with van der Waals surface area (Å²) < 4.78 is 0. The lowest BCUT2D eigenvalue weighted by molar-refractivity contribution is 0.0204. The molecule has 1 aliphatic carbocycles. The van der Waals surface area contributed by atoms with Crippen molar-refractivity contribution in [1.29, 1.82) is 0 Å². The molecule has 0 amide bonds. The Morgan fingerprint density at radius 2 is 1.97 bits per heavy atom. The molecule has 0 saturated carbocycles. The summed E-state index contributed by atoms with van der Waals surface area (Å²) >= 11 is 0. The van der Waals surface area contributed by atoms with E-state index in [4.69, 9.17) is 0 Å². The van der Waals surface area contributed by atoms with E-state index in [9.17, 15) is 0 Å². The Hall–Kier alpha value is -1.95. The minimum atomic E-state index is 0.343. The Labute approximate surface area is 180 Å². The second kappa shape index (κ2) is 8.66. The molecule has 0 radical (unpaired) electrons. The Morgan fingerprint density at radius 3 is 2.77 bits per heavy atom. The van der Waals surface area contributed by atoms with Crippen molar-refractivity contribution in [3.8, 4) is 0 Å². The zero-order valence-corrected chi connectivity index (χ0v) is 18.3. The minimum Gasteiger partial charge on any atom is -0.381 e. The van der Waals surface area contributed by atoms with E-state index in [-0.39, 0.29) is 0 Å². The number of hydrogen-bond donors (Lipinski definition) is 3. The largest absolute Gasteiger partial charge is 0.381 e. The third-order valence-electron chi connectivity index (χ3n) is 7.16. The molecule has 2 saturated heterocycles. The Morgan fingerprint density at radius 1 is 1.10 bits per heavy atom. The summed E-state index contributed by atoms with van der Waals surface area (Å²) in [5, 5.41) is 11.3. The SMILES string of the molecule is Cc1ccc(CNc2ccc3c(c2)CCC2C3NC(C)NC2N2CCCCC2)cn1. The Balaban J connectivity index is 1.31. The summed E-state index contributed by atoms with van der Waals surface area (Å²) in [6.07, 6.45) is 9.31. The fourth-order valence-electron chi connectivity index (χ4n) is 5.59. The van der Waals surface area contributed by atoms with Gasteiger partial charge in [0.05, 0.1) is 12.3 Å². The summed E-state index contributed by atoms with van der Waals surface area (Å²) in [4.78, 5) is 7.12. The van der Waals surface area contributed by atoms with Crippen molar-refractivity contribution >= 4 is 5.69 Å². The van der Waals surface area contributed by atoms with Gasteiger partial charge in [-0.25, -0.2) is 0 Å². The molecule has 4 atom stereocenters. The van der Waals surface area contributed by atoms with Crippen molar-refractivity contribution < 1.29 is 0 Å². The van der Waals surface area contributed by atoms with Gasteiger partial charge in [0, 0.05) is 36.1 Å². The number of pyridine rings is 1. The van der Waals surface area contributed by atoms with Gasteiger partial charge in [-0.1, -0.05) is 18.6 Å². The lowest BCUT2D eigenvalue weighted by Crippen LogP contribution is -2.65. The van der Waals surface area contributed by atoms with Crippen LogP contribution in [0.25, 0.3) is 0 Å². The molecule has 3 aliphatic rings. The van der Waals surface area contributed by atoms with E-state index >= 15 is 0 Å². The Kier molecular flexibility index (Phi) is 5.77. The molecule has 1 aromatic carbocycles. The van der Waals surface area contributed by atoms with Crippen molar-refractivity contribution in [3.05, 3.63) is 58.9 Å². The van der Waals surface area contributed by atoms with E-state index < -0.39 is 0 Å². The first-order valence-corrected chi connectivity index (χ1v) is 11.7. The van der Waals surface area contributed by atoms with E-state index in [0.717, 1.165) is 12.2 Å². The summed E-state index contributed by atoms with van der Waals surface area (Å²) in [7, 11) is 0. The first-order valence-electron chi connectivity index (χ1n) is 11.7. The smallest absolute Gasteiger partial charge is 0.0656 e. The molecule has 2 fully saturated rings. The first-order chi connectivity index (χ1) is 14.7. The van der Waals surface area contributed by atoms with E-state index in [1.54, 1.807) is 0 Å². The molecule has 0 bridgehead atoms. The lowest BCUT2D eigenvalue weighted by atomic mass is 9.76. The number of fused-ring (bicyclic) bond motifs is 3. The number of rotatable bonds is 4. The van der Waals surface area contributed by atoms with E-state index in [1.165, 1.54) is 67.6 Å². The van der Waals surface area contributed by atoms with Gasteiger partial charge in [0.25, 0.3) is 0 Å². The van der Waals surface area contributed by atoms with Crippen LogP contribution in [0.5, 0.6) is 0 Å². The van der Waals surface area contributed by atoms with Crippen LogP contribution in [0.3, 0.4) is 0 Å². The van der Waals surface area contributed by atoms with Gasteiger partial charge in [-0.3, -0.25) is 20.5 Å². The van der Waals surface area contributed by atoms with Crippen LogP contribution in [0, 0.1) is 12.8 Å². The number of aryl methyl sites for hydroxylation is 2. The Bertz CT molecular complexity index is 858. The fourth-order valence-corrected chi connectivity index (χ4v) is 5.59. The summed E-state index contributed by atoms with van der Waals surface area (Å²) in [6.45, 7) is 7.61. The summed E-state index contributed by atoms with van der Waals surface area (Å²) in [5.41, 5.74) is 6.50. The molecule has 4 unspecified atom stereocenters. The minimum absolute atomic E-state index is 0.343. The van der Waals surface area contributed by atoms with Crippen LogP contribution in [0.2, 0.25) is 0 Å². The van der Waals surface area contributed by atoms with Crippen molar-refractivity contribution in [3.63, 3.8) is 0 Å². The van der Waals surface area contributed by atoms with Crippen LogP contribution in [0.1, 0.15) is 61.0 Å². The van der Waals surface area contributed by atoms with Crippen LogP contribution in [0.4, 0.5) is 5.69 Å². The third-order valence-corrected chi connectivity index (χ3v) is 7.16. The molecular weight excluding hydrogens is 370 g/mol. The molecule has 5 rings (SSSR count). The highest BCUT2D eigenvalue weighted by Crippen LogP contribution is 2.40. The molecule has 5 nitrogen and oxygen atoms in total. The zero-order chi connectivity index (χ0) is 20.5. The predicted octanol–water partition coefficient (Wildman–Crippen LogP) is 3.96. The summed E-state index contributed by atoms with van der Waals surface area (Å²) in [6, 6.07) is 11.7. The quantitative estimate of drug-likeness (QED) is 0.719. The summed E-state index contributed by atoms with van der Waals surface area (Å²) in [5.74, 6) is 0.643. The highest BCUT2D eigenvalue weighted by Gasteiger charge is 2.42. The van der Waals surface area contributed by atoms with Gasteiger partial charge in [0.1, 0.15) is 0 Å². The van der Waals surface area contributed by atoms with Crippen molar-refractivity contribution in [2.75, 3.05) is 18.4 Å². The van der Waals surface area contributed by atoms with Gasteiger partial charge in [0.2, 0.25) is 0 Å². The number of aromatic nitrogens is 1. The number of benzene rings is 1. The van der Waals surface area contributed by atoms with Gasteiger partial charge in [-0.15, -0.1) is 0 Å². The topological polar surface area (TPSA) is 52.2 Å².